The van der Waals surface area contributed by atoms with Crippen molar-refractivity contribution in [3.63, 3.8) is 0 Å². The highest BCUT2D eigenvalue weighted by atomic mass is 16.3. The molecule has 2 aromatic heterocycles. The average molecular weight is 308 g/mol. The molecule has 0 fully saturated rings. The molecule has 1 N–H and O–H groups in total. The Balaban J connectivity index is 1.98. The fourth-order valence-corrected chi connectivity index (χ4v) is 2.95. The maximum atomic E-state index is 10.4. The van der Waals surface area contributed by atoms with E-state index >= 15 is 0 Å². The third-order valence-electron chi connectivity index (χ3n) is 4.36. The Morgan fingerprint density at radius 3 is 2.48 bits per heavy atom. The summed E-state index contributed by atoms with van der Waals surface area (Å²) in [6, 6.07) is 14.6. The zero-order valence-corrected chi connectivity index (χ0v) is 14.0. The highest BCUT2D eigenvalue weighted by Crippen LogP contribution is 2.25. The molecular weight excluding hydrogens is 284 g/mol. The second kappa shape index (κ2) is 6.55. The van der Waals surface area contributed by atoms with Crippen LogP contribution in [-0.2, 0) is 6.42 Å². The number of nitrogens with zero attached hydrogens (tertiary/aromatic N) is 2. The van der Waals surface area contributed by atoms with Crippen LogP contribution in [0.5, 0.6) is 0 Å². The average Bonchev–Trinajstić information content (AvgIpc) is 2.92. The minimum absolute atomic E-state index is 0.489. The van der Waals surface area contributed by atoms with Crippen molar-refractivity contribution in [2.75, 3.05) is 0 Å². The normalized spacial score (nSPS) is 12.9. The van der Waals surface area contributed by atoms with Gasteiger partial charge in [-0.2, -0.15) is 0 Å². The number of pyridine rings is 1. The largest absolute Gasteiger partial charge is 0.387 e. The monoisotopic (exact) mass is 308 g/mol. The number of imidazole rings is 1. The number of fused-ring (bicyclic) bond motifs is 1. The molecule has 0 saturated heterocycles. The van der Waals surface area contributed by atoms with E-state index in [2.05, 4.69) is 38.1 Å². The lowest BCUT2D eigenvalue weighted by Crippen LogP contribution is -2.04. The number of hydrogen-bond donors (Lipinski definition) is 1. The van der Waals surface area contributed by atoms with Crippen LogP contribution in [0.3, 0.4) is 0 Å². The fraction of sp³-hybridized carbons (Fsp3) is 0.350. The number of aliphatic hydroxyl groups is 1. The molecule has 3 rings (SSSR count). The second-order valence-corrected chi connectivity index (χ2v) is 6.37. The predicted molar refractivity (Wildman–Crippen MR) is 93.8 cm³/mol. The molecular formula is C20H24N2O. The molecule has 3 nitrogen and oxygen atoms in total. The van der Waals surface area contributed by atoms with Crippen LogP contribution in [0.1, 0.15) is 61.7 Å². The molecule has 0 aliphatic carbocycles. The number of hydrogen-bond acceptors (Lipinski definition) is 2. The molecule has 3 aromatic rings. The first-order chi connectivity index (χ1) is 11.1. The van der Waals surface area contributed by atoms with Crippen LogP contribution in [0, 0.1) is 0 Å². The van der Waals surface area contributed by atoms with E-state index in [1.165, 1.54) is 11.1 Å². The molecule has 0 amide bonds. The number of aromatic nitrogens is 2. The topological polar surface area (TPSA) is 37.5 Å². The minimum atomic E-state index is -0.489. The molecule has 1 unspecified atom stereocenters. The van der Waals surface area contributed by atoms with E-state index in [1.807, 2.05) is 35.7 Å². The van der Waals surface area contributed by atoms with Gasteiger partial charge in [0.15, 0.2) is 0 Å². The van der Waals surface area contributed by atoms with Crippen molar-refractivity contribution >= 4 is 5.65 Å². The summed E-state index contributed by atoms with van der Waals surface area (Å²) in [5.41, 5.74) is 5.34. The van der Waals surface area contributed by atoms with Gasteiger partial charge in [-0.05, 0) is 35.6 Å². The Bertz CT molecular complexity index is 787. The minimum Gasteiger partial charge on any atom is -0.387 e. The molecule has 0 spiro atoms. The Labute approximate surface area is 137 Å². The van der Waals surface area contributed by atoms with Crippen molar-refractivity contribution in [2.45, 2.75) is 45.6 Å². The molecule has 1 atom stereocenters. The highest BCUT2D eigenvalue weighted by molar-refractivity contribution is 5.45. The van der Waals surface area contributed by atoms with Crippen LogP contribution >= 0.6 is 0 Å². The first kappa shape index (κ1) is 15.8. The Morgan fingerprint density at radius 2 is 1.83 bits per heavy atom. The number of rotatable bonds is 5. The van der Waals surface area contributed by atoms with Gasteiger partial charge in [0.1, 0.15) is 5.65 Å². The zero-order chi connectivity index (χ0) is 16.4. The van der Waals surface area contributed by atoms with Gasteiger partial charge in [0, 0.05) is 12.6 Å². The molecule has 23 heavy (non-hydrogen) atoms. The molecule has 0 aliphatic rings. The lowest BCUT2D eigenvalue weighted by molar-refractivity contribution is 0.167. The number of aliphatic hydroxyl groups excluding tert-OH is 1. The van der Waals surface area contributed by atoms with Gasteiger partial charge in [0.25, 0.3) is 0 Å². The molecule has 1 aromatic carbocycles. The van der Waals surface area contributed by atoms with Crippen molar-refractivity contribution in [3.05, 3.63) is 71.2 Å². The maximum absolute atomic E-state index is 10.4. The van der Waals surface area contributed by atoms with Crippen LogP contribution in [0.2, 0.25) is 0 Å². The van der Waals surface area contributed by atoms with E-state index in [-0.39, 0.29) is 0 Å². The van der Waals surface area contributed by atoms with Gasteiger partial charge in [-0.25, -0.2) is 4.98 Å². The second-order valence-electron chi connectivity index (χ2n) is 6.37. The van der Waals surface area contributed by atoms with Gasteiger partial charge in [-0.3, -0.25) is 0 Å². The summed E-state index contributed by atoms with van der Waals surface area (Å²) in [6.45, 7) is 6.40. The quantitative estimate of drug-likeness (QED) is 0.754. The lowest BCUT2D eigenvalue weighted by Gasteiger charge is -2.11. The summed E-state index contributed by atoms with van der Waals surface area (Å²) < 4.78 is 2.01. The van der Waals surface area contributed by atoms with Gasteiger partial charge < -0.3 is 9.51 Å². The molecule has 0 aliphatic heterocycles. The summed E-state index contributed by atoms with van der Waals surface area (Å²) in [5.74, 6) is 0.539. The van der Waals surface area contributed by atoms with Gasteiger partial charge >= 0.3 is 0 Å². The summed E-state index contributed by atoms with van der Waals surface area (Å²) >= 11 is 0. The zero-order valence-electron chi connectivity index (χ0n) is 14.0. The molecule has 120 valence electrons. The molecule has 2 heterocycles. The van der Waals surface area contributed by atoms with Gasteiger partial charge in [0.2, 0.25) is 0 Å². The Morgan fingerprint density at radius 1 is 1.09 bits per heavy atom. The van der Waals surface area contributed by atoms with Crippen LogP contribution in [0.15, 0.2) is 48.7 Å². The molecule has 3 heteroatoms. The summed E-state index contributed by atoms with van der Waals surface area (Å²) in [5, 5.41) is 10.4. The van der Waals surface area contributed by atoms with E-state index < -0.39 is 6.10 Å². The third-order valence-corrected chi connectivity index (χ3v) is 4.36. The maximum Gasteiger partial charge on any atom is 0.137 e. The molecule has 0 radical (unpaired) electrons. The molecule has 0 bridgehead atoms. The van der Waals surface area contributed by atoms with Crippen molar-refractivity contribution in [3.8, 4) is 0 Å². The molecule has 0 saturated carbocycles. The Hall–Kier alpha value is -2.13. The summed E-state index contributed by atoms with van der Waals surface area (Å²) in [4.78, 5) is 4.74. The summed E-state index contributed by atoms with van der Waals surface area (Å²) in [7, 11) is 0. The lowest BCUT2D eigenvalue weighted by atomic mass is 9.99. The van der Waals surface area contributed by atoms with E-state index in [4.69, 9.17) is 4.98 Å². The van der Waals surface area contributed by atoms with Gasteiger partial charge in [0.05, 0.1) is 17.5 Å². The van der Waals surface area contributed by atoms with Crippen molar-refractivity contribution in [1.82, 2.24) is 9.38 Å². The fourth-order valence-electron chi connectivity index (χ4n) is 2.95. The van der Waals surface area contributed by atoms with Crippen molar-refractivity contribution < 1.29 is 5.11 Å². The van der Waals surface area contributed by atoms with E-state index in [9.17, 15) is 5.11 Å². The van der Waals surface area contributed by atoms with Gasteiger partial charge in [-0.1, -0.05) is 51.1 Å². The van der Waals surface area contributed by atoms with Crippen LogP contribution in [0.4, 0.5) is 0 Å². The number of benzene rings is 1. The van der Waals surface area contributed by atoms with Crippen molar-refractivity contribution in [1.29, 1.82) is 0 Å². The van der Waals surface area contributed by atoms with Crippen molar-refractivity contribution in [2.24, 2.45) is 0 Å². The van der Waals surface area contributed by atoms with E-state index in [1.54, 1.807) is 0 Å². The smallest absolute Gasteiger partial charge is 0.137 e. The van der Waals surface area contributed by atoms with E-state index in [0.717, 1.165) is 23.5 Å². The van der Waals surface area contributed by atoms with Crippen LogP contribution < -0.4 is 0 Å². The van der Waals surface area contributed by atoms with Gasteiger partial charge in [-0.15, -0.1) is 0 Å². The first-order valence-corrected chi connectivity index (χ1v) is 8.33. The predicted octanol–water partition coefficient (Wildman–Crippen LogP) is 4.49. The Kier molecular flexibility index (Phi) is 4.49. The standard InChI is InChI=1S/C20H24N2O/c1-4-18(23)20-17(21-19-7-5-6-12-22(19)20)13-15-8-10-16(11-9-15)14(2)3/h5-12,14,18,23H,4,13H2,1-3H3. The first-order valence-electron chi connectivity index (χ1n) is 8.33. The SMILES string of the molecule is CCC(O)c1c(Cc2ccc(C(C)C)cc2)nc2ccccn12. The third kappa shape index (κ3) is 3.15. The van der Waals surface area contributed by atoms with E-state index in [0.29, 0.717) is 12.3 Å². The summed E-state index contributed by atoms with van der Waals surface area (Å²) in [6.07, 6.45) is 2.91. The van der Waals surface area contributed by atoms with Crippen LogP contribution in [0.25, 0.3) is 5.65 Å². The van der Waals surface area contributed by atoms with Crippen LogP contribution in [-0.4, -0.2) is 14.5 Å². The highest BCUT2D eigenvalue weighted by Gasteiger charge is 2.18.